The van der Waals surface area contributed by atoms with Crippen LogP contribution in [0.3, 0.4) is 0 Å². The molecular formula is C21H24O3. The molecule has 0 saturated heterocycles. The van der Waals surface area contributed by atoms with Gasteiger partial charge >= 0.3 is 5.97 Å². The number of unbranched alkanes of at least 4 members (excludes halogenated alkanes) is 3. The minimum absolute atomic E-state index is 0.0763. The summed E-state index contributed by atoms with van der Waals surface area (Å²) in [6.45, 7) is 2.13. The Morgan fingerprint density at radius 3 is 2.29 bits per heavy atom. The molecule has 0 heterocycles. The summed E-state index contributed by atoms with van der Waals surface area (Å²) in [5.74, 6) is -1.45. The van der Waals surface area contributed by atoms with Crippen LogP contribution in [-0.4, -0.2) is 16.9 Å². The van der Waals surface area contributed by atoms with Gasteiger partial charge in [-0.05, 0) is 18.1 Å². The Morgan fingerprint density at radius 2 is 1.62 bits per heavy atom. The van der Waals surface area contributed by atoms with Crippen LogP contribution in [-0.2, 0) is 4.79 Å². The van der Waals surface area contributed by atoms with Crippen molar-refractivity contribution in [3.63, 3.8) is 0 Å². The van der Waals surface area contributed by atoms with Crippen LogP contribution < -0.4 is 0 Å². The summed E-state index contributed by atoms with van der Waals surface area (Å²) in [5.41, 5.74) is 1.86. The van der Waals surface area contributed by atoms with Gasteiger partial charge in [0.1, 0.15) is 0 Å². The summed E-state index contributed by atoms with van der Waals surface area (Å²) >= 11 is 0. The van der Waals surface area contributed by atoms with E-state index in [-0.39, 0.29) is 5.78 Å². The first kappa shape index (κ1) is 17.9. The Labute approximate surface area is 143 Å². The Balaban J connectivity index is 2.17. The van der Waals surface area contributed by atoms with E-state index < -0.39 is 11.9 Å². The molecular weight excluding hydrogens is 300 g/mol. The van der Waals surface area contributed by atoms with Gasteiger partial charge in [-0.2, -0.15) is 0 Å². The summed E-state index contributed by atoms with van der Waals surface area (Å²) < 4.78 is 0. The monoisotopic (exact) mass is 324 g/mol. The number of ketones is 1. The Hall–Kier alpha value is -2.42. The number of carbonyl (C=O) groups is 2. The van der Waals surface area contributed by atoms with Gasteiger partial charge in [0.15, 0.2) is 5.78 Å². The largest absolute Gasteiger partial charge is 0.481 e. The van der Waals surface area contributed by atoms with Gasteiger partial charge in [0.25, 0.3) is 0 Å². The van der Waals surface area contributed by atoms with Crippen LogP contribution in [0.1, 0.15) is 66.4 Å². The Bertz CT molecular complexity index is 676. The van der Waals surface area contributed by atoms with Crippen LogP contribution in [0.15, 0.2) is 54.6 Å². The molecule has 1 N–H and O–H groups in total. The van der Waals surface area contributed by atoms with Gasteiger partial charge in [0.05, 0.1) is 5.92 Å². The quantitative estimate of drug-likeness (QED) is 0.518. The molecule has 2 aromatic rings. The third kappa shape index (κ3) is 4.79. The van der Waals surface area contributed by atoms with Crippen LogP contribution >= 0.6 is 0 Å². The average Bonchev–Trinajstić information content (AvgIpc) is 2.61. The second-order valence-electron chi connectivity index (χ2n) is 6.06. The zero-order chi connectivity index (χ0) is 17.4. The molecule has 0 bridgehead atoms. The predicted octanol–water partition coefficient (Wildman–Crippen LogP) is 5.06. The molecule has 0 aliphatic carbocycles. The molecule has 0 aliphatic rings. The highest BCUT2D eigenvalue weighted by Gasteiger charge is 2.20. The second kappa shape index (κ2) is 9.02. The third-order valence-electron chi connectivity index (χ3n) is 4.23. The van der Waals surface area contributed by atoms with E-state index >= 15 is 0 Å². The number of carboxylic acids is 1. The minimum Gasteiger partial charge on any atom is -0.481 e. The van der Waals surface area contributed by atoms with Crippen molar-refractivity contribution in [1.82, 2.24) is 0 Å². The van der Waals surface area contributed by atoms with E-state index in [1.54, 1.807) is 36.4 Å². The lowest BCUT2D eigenvalue weighted by Crippen LogP contribution is -2.12. The van der Waals surface area contributed by atoms with Crippen molar-refractivity contribution in [3.05, 3.63) is 71.3 Å². The number of carbonyl (C=O) groups excluding carboxylic acids is 1. The van der Waals surface area contributed by atoms with Crippen molar-refractivity contribution >= 4 is 11.8 Å². The van der Waals surface area contributed by atoms with Crippen LogP contribution in [0.2, 0.25) is 0 Å². The second-order valence-corrected chi connectivity index (χ2v) is 6.06. The molecule has 0 saturated carbocycles. The smallest absolute Gasteiger partial charge is 0.310 e. The number of hydrogen-bond donors (Lipinski definition) is 1. The molecule has 0 aliphatic heterocycles. The molecule has 2 aromatic carbocycles. The van der Waals surface area contributed by atoms with Gasteiger partial charge in [-0.25, -0.2) is 0 Å². The lowest BCUT2D eigenvalue weighted by molar-refractivity contribution is -0.139. The third-order valence-corrected chi connectivity index (χ3v) is 4.23. The summed E-state index contributed by atoms with van der Waals surface area (Å²) in [5, 5.41) is 9.54. The van der Waals surface area contributed by atoms with Crippen molar-refractivity contribution in [1.29, 1.82) is 0 Å². The van der Waals surface area contributed by atoms with Gasteiger partial charge in [-0.1, -0.05) is 81.1 Å². The van der Waals surface area contributed by atoms with Crippen molar-refractivity contribution in [2.75, 3.05) is 0 Å². The average molecular weight is 324 g/mol. The number of carboxylic acid groups (broad SMARTS) is 1. The van der Waals surface area contributed by atoms with Crippen molar-refractivity contribution in [2.24, 2.45) is 0 Å². The first-order valence-electron chi connectivity index (χ1n) is 8.56. The van der Waals surface area contributed by atoms with E-state index in [0.29, 0.717) is 23.1 Å². The first-order chi connectivity index (χ1) is 11.6. The summed E-state index contributed by atoms with van der Waals surface area (Å²) in [6.07, 6.45) is 4.79. The SMILES string of the molecule is CCCCCCC(C(=O)O)c1cccc(C(=O)c2ccccc2)c1. The fourth-order valence-electron chi connectivity index (χ4n) is 2.86. The summed E-state index contributed by atoms with van der Waals surface area (Å²) in [6, 6.07) is 16.1. The molecule has 24 heavy (non-hydrogen) atoms. The summed E-state index contributed by atoms with van der Waals surface area (Å²) in [7, 11) is 0. The molecule has 0 fully saturated rings. The van der Waals surface area contributed by atoms with Gasteiger partial charge in [0, 0.05) is 11.1 Å². The number of rotatable bonds is 9. The molecule has 0 amide bonds. The van der Waals surface area contributed by atoms with Gasteiger partial charge in [-0.3, -0.25) is 9.59 Å². The van der Waals surface area contributed by atoms with Crippen LogP contribution in [0.25, 0.3) is 0 Å². The maximum Gasteiger partial charge on any atom is 0.310 e. The highest BCUT2D eigenvalue weighted by molar-refractivity contribution is 6.09. The first-order valence-corrected chi connectivity index (χ1v) is 8.56. The zero-order valence-corrected chi connectivity index (χ0v) is 14.1. The lowest BCUT2D eigenvalue weighted by atomic mass is 9.90. The Kier molecular flexibility index (Phi) is 6.74. The van der Waals surface area contributed by atoms with Gasteiger partial charge in [-0.15, -0.1) is 0 Å². The number of aliphatic carboxylic acids is 1. The maximum atomic E-state index is 12.5. The molecule has 3 nitrogen and oxygen atoms in total. The topological polar surface area (TPSA) is 54.4 Å². The highest BCUT2D eigenvalue weighted by atomic mass is 16.4. The number of benzene rings is 2. The van der Waals surface area contributed by atoms with Gasteiger partial charge in [0.2, 0.25) is 0 Å². The van der Waals surface area contributed by atoms with E-state index in [1.165, 1.54) is 0 Å². The van der Waals surface area contributed by atoms with Crippen LogP contribution in [0.5, 0.6) is 0 Å². The highest BCUT2D eigenvalue weighted by Crippen LogP contribution is 2.25. The molecule has 2 rings (SSSR count). The zero-order valence-electron chi connectivity index (χ0n) is 14.1. The van der Waals surface area contributed by atoms with E-state index in [2.05, 4.69) is 6.92 Å². The summed E-state index contributed by atoms with van der Waals surface area (Å²) in [4.78, 5) is 24.2. The Morgan fingerprint density at radius 1 is 0.917 bits per heavy atom. The molecule has 1 unspecified atom stereocenters. The predicted molar refractivity (Wildman–Crippen MR) is 95.5 cm³/mol. The van der Waals surface area contributed by atoms with Crippen LogP contribution in [0, 0.1) is 0 Å². The standard InChI is InChI=1S/C21H24O3/c1-2-3-4-8-14-19(21(23)24)17-12-9-13-18(15-17)20(22)16-10-6-5-7-11-16/h5-7,9-13,15,19H,2-4,8,14H2,1H3,(H,23,24). The maximum absolute atomic E-state index is 12.5. The molecule has 0 aromatic heterocycles. The molecule has 3 heteroatoms. The lowest BCUT2D eigenvalue weighted by Gasteiger charge is -2.14. The van der Waals surface area contributed by atoms with Gasteiger partial charge < -0.3 is 5.11 Å². The van der Waals surface area contributed by atoms with E-state index in [4.69, 9.17) is 0 Å². The molecule has 0 spiro atoms. The minimum atomic E-state index is -0.823. The van der Waals surface area contributed by atoms with Crippen molar-refractivity contribution in [2.45, 2.75) is 44.9 Å². The normalized spacial score (nSPS) is 11.9. The molecule has 1 atom stereocenters. The van der Waals surface area contributed by atoms with Crippen molar-refractivity contribution < 1.29 is 14.7 Å². The van der Waals surface area contributed by atoms with E-state index in [9.17, 15) is 14.7 Å². The fourth-order valence-corrected chi connectivity index (χ4v) is 2.86. The van der Waals surface area contributed by atoms with E-state index in [0.717, 1.165) is 25.7 Å². The van der Waals surface area contributed by atoms with Crippen LogP contribution in [0.4, 0.5) is 0 Å². The van der Waals surface area contributed by atoms with Crippen molar-refractivity contribution in [3.8, 4) is 0 Å². The van der Waals surface area contributed by atoms with E-state index in [1.807, 2.05) is 18.2 Å². The molecule has 0 radical (unpaired) electrons. The number of hydrogen-bond acceptors (Lipinski definition) is 2. The fraction of sp³-hybridized carbons (Fsp3) is 0.333. The molecule has 126 valence electrons.